The van der Waals surface area contributed by atoms with Crippen LogP contribution >= 0.6 is 0 Å². The Bertz CT molecular complexity index is 529. The van der Waals surface area contributed by atoms with Crippen molar-refractivity contribution in [1.82, 2.24) is 10.1 Å². The number of aryl methyl sites for hydroxylation is 2. The molecule has 0 atom stereocenters. The lowest BCUT2D eigenvalue weighted by Gasteiger charge is -2.17. The van der Waals surface area contributed by atoms with Crippen molar-refractivity contribution in [3.63, 3.8) is 0 Å². The molecule has 3 rings (SSSR count). The third-order valence-corrected chi connectivity index (χ3v) is 3.87. The normalized spacial score (nSPS) is 17.7. The van der Waals surface area contributed by atoms with Crippen LogP contribution < -0.4 is 5.73 Å². The minimum Gasteiger partial charge on any atom is -0.337 e. The average molecular weight is 257 g/mol. The van der Waals surface area contributed by atoms with Gasteiger partial charge < -0.3 is 10.3 Å². The minimum absolute atomic E-state index is 0.377. The van der Waals surface area contributed by atoms with Gasteiger partial charge in [-0.3, -0.25) is 0 Å². The van der Waals surface area contributed by atoms with Crippen molar-refractivity contribution in [2.24, 2.45) is 5.73 Å². The second-order valence-electron chi connectivity index (χ2n) is 5.36. The predicted octanol–water partition coefficient (Wildman–Crippen LogP) is 2.58. The third-order valence-electron chi connectivity index (χ3n) is 3.87. The fourth-order valence-corrected chi connectivity index (χ4v) is 2.68. The molecule has 1 aromatic carbocycles. The van der Waals surface area contributed by atoms with Gasteiger partial charge in [-0.15, -0.1) is 0 Å². The number of hydrogen-bond acceptors (Lipinski definition) is 4. The monoisotopic (exact) mass is 257 g/mol. The fourth-order valence-electron chi connectivity index (χ4n) is 2.68. The van der Waals surface area contributed by atoms with Crippen LogP contribution in [0, 0.1) is 0 Å². The maximum absolute atomic E-state index is 6.30. The predicted molar refractivity (Wildman–Crippen MR) is 72.5 cm³/mol. The highest BCUT2D eigenvalue weighted by Crippen LogP contribution is 2.35. The number of hydrogen-bond donors (Lipinski definition) is 1. The summed E-state index contributed by atoms with van der Waals surface area (Å²) in [5.74, 6) is 1.38. The first-order chi connectivity index (χ1) is 9.26. The molecule has 0 aliphatic heterocycles. The highest BCUT2D eigenvalue weighted by atomic mass is 16.5. The zero-order chi connectivity index (χ0) is 13.1. The SMILES string of the molecule is NC1(c2nc(CCc3ccccc3)no2)CCCC1. The van der Waals surface area contributed by atoms with E-state index in [4.69, 9.17) is 10.3 Å². The van der Waals surface area contributed by atoms with Crippen LogP contribution in [-0.2, 0) is 18.4 Å². The second kappa shape index (κ2) is 5.13. The number of rotatable bonds is 4. The lowest BCUT2D eigenvalue weighted by Crippen LogP contribution is -2.33. The Morgan fingerprint density at radius 2 is 1.84 bits per heavy atom. The van der Waals surface area contributed by atoms with Crippen LogP contribution in [0.1, 0.15) is 43.0 Å². The van der Waals surface area contributed by atoms with E-state index in [9.17, 15) is 0 Å². The summed E-state index contributed by atoms with van der Waals surface area (Å²) < 4.78 is 5.35. The van der Waals surface area contributed by atoms with E-state index in [-0.39, 0.29) is 5.54 Å². The van der Waals surface area contributed by atoms with E-state index >= 15 is 0 Å². The van der Waals surface area contributed by atoms with Crippen molar-refractivity contribution >= 4 is 0 Å². The Hall–Kier alpha value is -1.68. The molecule has 1 fully saturated rings. The van der Waals surface area contributed by atoms with Gasteiger partial charge in [0, 0.05) is 6.42 Å². The molecule has 1 aromatic heterocycles. The van der Waals surface area contributed by atoms with E-state index in [1.165, 1.54) is 5.56 Å². The molecule has 0 spiro atoms. The molecule has 0 amide bonds. The number of nitrogens with zero attached hydrogens (tertiary/aromatic N) is 2. The molecule has 1 aliphatic carbocycles. The molecule has 2 aromatic rings. The van der Waals surface area contributed by atoms with Gasteiger partial charge in [-0.05, 0) is 24.8 Å². The van der Waals surface area contributed by atoms with Crippen molar-refractivity contribution in [3.8, 4) is 0 Å². The fraction of sp³-hybridized carbons (Fsp3) is 0.467. The van der Waals surface area contributed by atoms with E-state index in [0.29, 0.717) is 5.89 Å². The van der Waals surface area contributed by atoms with Crippen LogP contribution in [0.3, 0.4) is 0 Å². The Kier molecular flexibility index (Phi) is 3.34. The Labute approximate surface area is 113 Å². The third kappa shape index (κ3) is 2.68. The van der Waals surface area contributed by atoms with Gasteiger partial charge in [0.15, 0.2) is 5.82 Å². The molecular weight excluding hydrogens is 238 g/mol. The number of nitrogens with two attached hydrogens (primary N) is 1. The quantitative estimate of drug-likeness (QED) is 0.914. The zero-order valence-electron chi connectivity index (χ0n) is 11.0. The van der Waals surface area contributed by atoms with Crippen LogP contribution in [0.15, 0.2) is 34.9 Å². The van der Waals surface area contributed by atoms with E-state index in [1.54, 1.807) is 0 Å². The summed E-state index contributed by atoms with van der Waals surface area (Å²) in [6.45, 7) is 0. The lowest BCUT2D eigenvalue weighted by molar-refractivity contribution is 0.284. The first-order valence-electron chi connectivity index (χ1n) is 6.92. The van der Waals surface area contributed by atoms with E-state index < -0.39 is 0 Å². The molecule has 0 saturated heterocycles. The van der Waals surface area contributed by atoms with Gasteiger partial charge in [0.05, 0.1) is 5.54 Å². The summed E-state index contributed by atoms with van der Waals surface area (Å²) >= 11 is 0. The molecule has 0 bridgehead atoms. The molecule has 1 aliphatic rings. The Morgan fingerprint density at radius 3 is 2.58 bits per heavy atom. The summed E-state index contributed by atoms with van der Waals surface area (Å²) in [6.07, 6.45) is 5.93. The standard InChI is InChI=1S/C15H19N3O/c16-15(10-4-5-11-15)14-17-13(18-19-14)9-8-12-6-2-1-3-7-12/h1-3,6-7H,4-5,8-11,16H2. The summed E-state index contributed by atoms with van der Waals surface area (Å²) in [7, 11) is 0. The van der Waals surface area contributed by atoms with Gasteiger partial charge in [-0.25, -0.2) is 0 Å². The number of aromatic nitrogens is 2. The summed E-state index contributed by atoms with van der Waals surface area (Å²) in [5.41, 5.74) is 7.22. The van der Waals surface area contributed by atoms with Gasteiger partial charge in [-0.1, -0.05) is 48.3 Å². The second-order valence-corrected chi connectivity index (χ2v) is 5.36. The van der Waals surface area contributed by atoms with Gasteiger partial charge in [0.25, 0.3) is 0 Å². The van der Waals surface area contributed by atoms with Crippen LogP contribution in [0.2, 0.25) is 0 Å². The molecule has 19 heavy (non-hydrogen) atoms. The first kappa shape index (κ1) is 12.4. The highest BCUT2D eigenvalue weighted by molar-refractivity contribution is 5.15. The Balaban J connectivity index is 1.65. The molecule has 0 radical (unpaired) electrons. The van der Waals surface area contributed by atoms with Gasteiger partial charge in [0.1, 0.15) is 0 Å². The van der Waals surface area contributed by atoms with Crippen molar-refractivity contribution in [3.05, 3.63) is 47.6 Å². The van der Waals surface area contributed by atoms with Gasteiger partial charge >= 0.3 is 0 Å². The first-order valence-corrected chi connectivity index (χ1v) is 6.92. The molecule has 0 unspecified atom stereocenters. The van der Waals surface area contributed by atoms with Gasteiger partial charge in [-0.2, -0.15) is 4.98 Å². The smallest absolute Gasteiger partial charge is 0.246 e. The van der Waals surface area contributed by atoms with E-state index in [2.05, 4.69) is 22.3 Å². The maximum atomic E-state index is 6.30. The minimum atomic E-state index is -0.377. The Morgan fingerprint density at radius 1 is 1.11 bits per heavy atom. The molecule has 2 N–H and O–H groups in total. The van der Waals surface area contributed by atoms with Crippen LogP contribution in [0.25, 0.3) is 0 Å². The summed E-state index contributed by atoms with van der Waals surface area (Å²) in [5, 5.41) is 4.05. The molecular formula is C15H19N3O. The molecule has 4 heteroatoms. The van der Waals surface area contributed by atoms with Crippen molar-refractivity contribution < 1.29 is 4.52 Å². The van der Waals surface area contributed by atoms with Crippen molar-refractivity contribution in [2.45, 2.75) is 44.1 Å². The zero-order valence-corrected chi connectivity index (χ0v) is 11.0. The van der Waals surface area contributed by atoms with Crippen LogP contribution in [0.4, 0.5) is 0 Å². The number of benzene rings is 1. The van der Waals surface area contributed by atoms with Crippen LogP contribution in [-0.4, -0.2) is 10.1 Å². The highest BCUT2D eigenvalue weighted by Gasteiger charge is 2.36. The van der Waals surface area contributed by atoms with E-state index in [0.717, 1.165) is 44.3 Å². The van der Waals surface area contributed by atoms with Gasteiger partial charge in [0.2, 0.25) is 5.89 Å². The van der Waals surface area contributed by atoms with Crippen molar-refractivity contribution in [1.29, 1.82) is 0 Å². The van der Waals surface area contributed by atoms with Crippen molar-refractivity contribution in [2.75, 3.05) is 0 Å². The molecule has 1 heterocycles. The lowest BCUT2D eigenvalue weighted by atomic mass is 9.99. The average Bonchev–Trinajstić information content (AvgIpc) is 3.07. The van der Waals surface area contributed by atoms with Crippen LogP contribution in [0.5, 0.6) is 0 Å². The van der Waals surface area contributed by atoms with E-state index in [1.807, 2.05) is 18.2 Å². The molecule has 100 valence electrons. The summed E-state index contributed by atoms with van der Waals surface area (Å²) in [6, 6.07) is 10.3. The topological polar surface area (TPSA) is 64.9 Å². The molecule has 4 nitrogen and oxygen atoms in total. The molecule has 1 saturated carbocycles. The summed E-state index contributed by atoms with van der Waals surface area (Å²) in [4.78, 5) is 4.48. The largest absolute Gasteiger partial charge is 0.337 e. The maximum Gasteiger partial charge on any atom is 0.246 e.